The number of H-pyrrole nitrogens is 1. The Hall–Kier alpha value is -1.58. The van der Waals surface area contributed by atoms with Gasteiger partial charge in [0.05, 0.1) is 0 Å². The fourth-order valence-electron chi connectivity index (χ4n) is 2.76. The summed E-state index contributed by atoms with van der Waals surface area (Å²) in [5, 5.41) is 1.36. The molecule has 0 fully saturated rings. The maximum Gasteiger partial charge on any atom is 0.0456 e. The zero-order valence-corrected chi connectivity index (χ0v) is 11.2. The highest BCUT2D eigenvalue weighted by atomic mass is 15.1. The van der Waals surface area contributed by atoms with Crippen LogP contribution >= 0.6 is 0 Å². The first-order valence-corrected chi connectivity index (χ1v) is 7.02. The van der Waals surface area contributed by atoms with Crippen LogP contribution in [0.5, 0.6) is 0 Å². The van der Waals surface area contributed by atoms with Crippen molar-refractivity contribution in [2.24, 2.45) is 5.73 Å². The summed E-state index contributed by atoms with van der Waals surface area (Å²) in [6, 6.07) is 8.52. The molecule has 2 heterocycles. The molecule has 100 valence electrons. The highest BCUT2D eigenvalue weighted by molar-refractivity contribution is 5.83. The van der Waals surface area contributed by atoms with E-state index in [1.807, 2.05) is 0 Å². The standard InChI is InChI=1S/C16H21N3/c17-11-13-5-8-19(9-6-13)10-7-14-12-18-16-4-2-1-3-15(14)16/h1-5,12,18H,6-11,17H2. The van der Waals surface area contributed by atoms with Gasteiger partial charge >= 0.3 is 0 Å². The molecule has 3 N–H and O–H groups in total. The van der Waals surface area contributed by atoms with Crippen LogP contribution in [-0.2, 0) is 6.42 Å². The molecule has 0 saturated carbocycles. The third-order valence-electron chi connectivity index (χ3n) is 4.02. The first kappa shape index (κ1) is 12.5. The SMILES string of the molecule is NCC1=CCN(CCc2c[nH]c3ccccc23)CC1. The molecule has 3 nitrogen and oxygen atoms in total. The molecule has 0 atom stereocenters. The van der Waals surface area contributed by atoms with E-state index in [4.69, 9.17) is 5.73 Å². The fraction of sp³-hybridized carbons (Fsp3) is 0.375. The van der Waals surface area contributed by atoms with Gasteiger partial charge in [0.2, 0.25) is 0 Å². The summed E-state index contributed by atoms with van der Waals surface area (Å²) in [6.07, 6.45) is 6.68. The van der Waals surface area contributed by atoms with E-state index in [2.05, 4.69) is 46.4 Å². The number of benzene rings is 1. The van der Waals surface area contributed by atoms with Gasteiger partial charge in [-0.25, -0.2) is 0 Å². The number of nitrogens with one attached hydrogen (secondary N) is 1. The number of aromatic amines is 1. The predicted octanol–water partition coefficient (Wildman–Crippen LogP) is 2.30. The molecule has 0 radical (unpaired) electrons. The number of rotatable bonds is 4. The number of nitrogens with zero attached hydrogens (tertiary/aromatic N) is 1. The predicted molar refractivity (Wildman–Crippen MR) is 80.2 cm³/mol. The molecule has 0 aliphatic carbocycles. The Morgan fingerprint density at radius 1 is 1.26 bits per heavy atom. The van der Waals surface area contributed by atoms with Crippen molar-refractivity contribution in [1.82, 2.24) is 9.88 Å². The van der Waals surface area contributed by atoms with E-state index in [9.17, 15) is 0 Å². The van der Waals surface area contributed by atoms with Gasteiger partial charge in [-0.3, -0.25) is 4.90 Å². The molecule has 1 aliphatic heterocycles. The molecule has 0 bridgehead atoms. The van der Waals surface area contributed by atoms with Gasteiger partial charge in [-0.15, -0.1) is 0 Å². The second-order valence-electron chi connectivity index (χ2n) is 5.23. The van der Waals surface area contributed by atoms with Crippen LogP contribution in [0.4, 0.5) is 0 Å². The molecule has 3 heteroatoms. The summed E-state index contributed by atoms with van der Waals surface area (Å²) < 4.78 is 0. The lowest BCUT2D eigenvalue weighted by atomic mass is 10.1. The van der Waals surface area contributed by atoms with Gasteiger partial charge in [0, 0.05) is 43.3 Å². The lowest BCUT2D eigenvalue weighted by Gasteiger charge is -2.25. The summed E-state index contributed by atoms with van der Waals surface area (Å²) in [7, 11) is 0. The first-order valence-electron chi connectivity index (χ1n) is 7.02. The quantitative estimate of drug-likeness (QED) is 0.823. The summed E-state index contributed by atoms with van der Waals surface area (Å²) in [6.45, 7) is 4.03. The Balaban J connectivity index is 1.62. The Labute approximate surface area is 114 Å². The van der Waals surface area contributed by atoms with Crippen molar-refractivity contribution in [3.8, 4) is 0 Å². The molecular formula is C16H21N3. The smallest absolute Gasteiger partial charge is 0.0456 e. The van der Waals surface area contributed by atoms with Crippen molar-refractivity contribution in [2.45, 2.75) is 12.8 Å². The van der Waals surface area contributed by atoms with Crippen LogP contribution in [0.2, 0.25) is 0 Å². The summed E-state index contributed by atoms with van der Waals surface area (Å²) in [5.74, 6) is 0. The number of nitrogens with two attached hydrogens (primary N) is 1. The molecule has 0 saturated heterocycles. The van der Waals surface area contributed by atoms with Crippen molar-refractivity contribution in [1.29, 1.82) is 0 Å². The Bertz CT molecular complexity index is 582. The van der Waals surface area contributed by atoms with E-state index in [0.29, 0.717) is 0 Å². The van der Waals surface area contributed by atoms with E-state index in [1.54, 1.807) is 0 Å². The summed E-state index contributed by atoms with van der Waals surface area (Å²) in [4.78, 5) is 5.85. The van der Waals surface area contributed by atoms with Crippen LogP contribution in [0.1, 0.15) is 12.0 Å². The van der Waals surface area contributed by atoms with Gasteiger partial charge < -0.3 is 10.7 Å². The normalized spacial score (nSPS) is 16.8. The zero-order valence-electron chi connectivity index (χ0n) is 11.2. The molecule has 1 aromatic carbocycles. The van der Waals surface area contributed by atoms with Crippen molar-refractivity contribution in [3.63, 3.8) is 0 Å². The molecule has 0 unspecified atom stereocenters. The van der Waals surface area contributed by atoms with Gasteiger partial charge in [-0.1, -0.05) is 29.8 Å². The summed E-state index contributed by atoms with van der Waals surface area (Å²) in [5.41, 5.74) is 9.74. The minimum absolute atomic E-state index is 0.719. The molecule has 1 aliphatic rings. The van der Waals surface area contributed by atoms with E-state index in [-0.39, 0.29) is 0 Å². The molecule has 0 spiro atoms. The maximum absolute atomic E-state index is 5.67. The monoisotopic (exact) mass is 255 g/mol. The van der Waals surface area contributed by atoms with E-state index in [1.165, 1.54) is 22.0 Å². The first-order chi connectivity index (χ1) is 9.36. The van der Waals surface area contributed by atoms with Gasteiger partial charge in [-0.05, 0) is 24.5 Å². The molecule has 1 aromatic heterocycles. The third kappa shape index (κ3) is 2.72. The highest BCUT2D eigenvalue weighted by Gasteiger charge is 2.11. The number of para-hydroxylation sites is 1. The minimum Gasteiger partial charge on any atom is -0.361 e. The highest BCUT2D eigenvalue weighted by Crippen LogP contribution is 2.19. The van der Waals surface area contributed by atoms with Crippen LogP contribution in [0, 0.1) is 0 Å². The lowest BCUT2D eigenvalue weighted by Crippen LogP contribution is -2.31. The minimum atomic E-state index is 0.719. The number of fused-ring (bicyclic) bond motifs is 1. The van der Waals surface area contributed by atoms with E-state index in [0.717, 1.165) is 39.0 Å². The Morgan fingerprint density at radius 2 is 2.16 bits per heavy atom. The van der Waals surface area contributed by atoms with Crippen LogP contribution in [0.3, 0.4) is 0 Å². The van der Waals surface area contributed by atoms with Crippen molar-refractivity contribution in [3.05, 3.63) is 47.7 Å². The van der Waals surface area contributed by atoms with Crippen LogP contribution in [-0.4, -0.2) is 36.1 Å². The summed E-state index contributed by atoms with van der Waals surface area (Å²) >= 11 is 0. The largest absolute Gasteiger partial charge is 0.361 e. The molecule has 3 rings (SSSR count). The Morgan fingerprint density at radius 3 is 2.95 bits per heavy atom. The van der Waals surface area contributed by atoms with Gasteiger partial charge in [0.1, 0.15) is 0 Å². The van der Waals surface area contributed by atoms with Crippen molar-refractivity contribution >= 4 is 10.9 Å². The fourth-order valence-corrected chi connectivity index (χ4v) is 2.76. The van der Waals surface area contributed by atoms with Crippen LogP contribution in [0.15, 0.2) is 42.1 Å². The third-order valence-corrected chi connectivity index (χ3v) is 4.02. The second kappa shape index (κ2) is 5.59. The topological polar surface area (TPSA) is 45.0 Å². The molecule has 19 heavy (non-hydrogen) atoms. The van der Waals surface area contributed by atoms with E-state index < -0.39 is 0 Å². The average molecular weight is 255 g/mol. The van der Waals surface area contributed by atoms with Crippen LogP contribution < -0.4 is 5.73 Å². The van der Waals surface area contributed by atoms with Gasteiger partial charge in [0.15, 0.2) is 0 Å². The molecule has 0 amide bonds. The van der Waals surface area contributed by atoms with Crippen molar-refractivity contribution < 1.29 is 0 Å². The number of aromatic nitrogens is 1. The number of hydrogen-bond donors (Lipinski definition) is 2. The average Bonchev–Trinajstić information content (AvgIpc) is 2.89. The van der Waals surface area contributed by atoms with E-state index >= 15 is 0 Å². The molecule has 2 aromatic rings. The van der Waals surface area contributed by atoms with Crippen molar-refractivity contribution in [2.75, 3.05) is 26.2 Å². The lowest BCUT2D eigenvalue weighted by molar-refractivity contribution is 0.297. The number of hydrogen-bond acceptors (Lipinski definition) is 2. The zero-order chi connectivity index (χ0) is 13.1. The second-order valence-corrected chi connectivity index (χ2v) is 5.23. The van der Waals surface area contributed by atoms with Gasteiger partial charge in [0.25, 0.3) is 0 Å². The molecular weight excluding hydrogens is 234 g/mol. The van der Waals surface area contributed by atoms with Crippen LogP contribution in [0.25, 0.3) is 10.9 Å². The van der Waals surface area contributed by atoms with Gasteiger partial charge in [-0.2, -0.15) is 0 Å². The maximum atomic E-state index is 5.67. The Kier molecular flexibility index (Phi) is 3.67.